The number of benzene rings is 2. The van der Waals surface area contributed by atoms with Gasteiger partial charge in [-0.3, -0.25) is 4.99 Å². The Labute approximate surface area is 133 Å². The van der Waals surface area contributed by atoms with Gasteiger partial charge in [0.2, 0.25) is 0 Å². The summed E-state index contributed by atoms with van der Waals surface area (Å²) < 4.78 is 5.99. The first-order valence-corrected chi connectivity index (χ1v) is 7.67. The zero-order valence-electron chi connectivity index (χ0n) is 13.5. The lowest BCUT2D eigenvalue weighted by atomic mass is 10.1. The van der Waals surface area contributed by atoms with Crippen molar-refractivity contribution < 1.29 is 4.74 Å². The average molecular weight is 293 g/mol. The third-order valence-corrected chi connectivity index (χ3v) is 3.47. The highest BCUT2D eigenvalue weighted by molar-refractivity contribution is 5.75. The van der Waals surface area contributed by atoms with Crippen LogP contribution in [0.3, 0.4) is 0 Å². The fourth-order valence-electron chi connectivity index (χ4n) is 2.28. The number of allylic oxidation sites excluding steroid dienone is 1. The molecule has 0 amide bonds. The number of ether oxygens (including phenoxy) is 1. The highest BCUT2D eigenvalue weighted by Gasteiger charge is 2.06. The van der Waals surface area contributed by atoms with Gasteiger partial charge >= 0.3 is 0 Å². The first kappa shape index (κ1) is 16.0. The number of rotatable bonds is 6. The van der Waals surface area contributed by atoms with Gasteiger partial charge in [-0.25, -0.2) is 0 Å². The van der Waals surface area contributed by atoms with E-state index < -0.39 is 0 Å². The van der Waals surface area contributed by atoms with Crippen molar-refractivity contribution in [3.63, 3.8) is 0 Å². The van der Waals surface area contributed by atoms with E-state index in [-0.39, 0.29) is 0 Å². The second kappa shape index (κ2) is 8.18. The monoisotopic (exact) mass is 293 g/mol. The van der Waals surface area contributed by atoms with Crippen LogP contribution < -0.4 is 4.74 Å². The minimum absolute atomic E-state index is 0.660. The molecule has 114 valence electrons. The Morgan fingerprint density at radius 3 is 2.45 bits per heavy atom. The molecule has 0 saturated heterocycles. The molecule has 0 aliphatic rings. The maximum atomic E-state index is 5.99. The second-order valence-electron chi connectivity index (χ2n) is 5.14. The Bertz CT molecular complexity index is 654. The zero-order valence-corrected chi connectivity index (χ0v) is 13.5. The van der Waals surface area contributed by atoms with Crippen molar-refractivity contribution in [3.05, 3.63) is 71.3 Å². The van der Waals surface area contributed by atoms with Crippen molar-refractivity contribution in [3.8, 4) is 5.75 Å². The summed E-state index contributed by atoms with van der Waals surface area (Å²) in [6, 6.07) is 16.6. The van der Waals surface area contributed by atoms with Crippen LogP contribution in [-0.4, -0.2) is 12.8 Å². The SMILES string of the molecule is C/C=N\C(=C/C)c1ccccc1OCCc1ccc(C)cc1. The van der Waals surface area contributed by atoms with Crippen molar-refractivity contribution >= 4 is 11.9 Å². The smallest absolute Gasteiger partial charge is 0.128 e. The molecule has 0 fully saturated rings. The summed E-state index contributed by atoms with van der Waals surface area (Å²) in [5.41, 5.74) is 4.55. The van der Waals surface area contributed by atoms with Crippen molar-refractivity contribution in [1.82, 2.24) is 0 Å². The molecule has 0 heterocycles. The molecule has 2 aromatic carbocycles. The molecule has 2 heteroatoms. The number of aryl methyl sites for hydroxylation is 1. The molecule has 0 aliphatic heterocycles. The molecule has 0 atom stereocenters. The van der Waals surface area contributed by atoms with Crippen LogP contribution in [0.2, 0.25) is 0 Å². The summed E-state index contributed by atoms with van der Waals surface area (Å²) in [5.74, 6) is 0.883. The van der Waals surface area contributed by atoms with Crippen LogP contribution in [0.15, 0.2) is 59.6 Å². The van der Waals surface area contributed by atoms with Crippen molar-refractivity contribution in [1.29, 1.82) is 0 Å². The van der Waals surface area contributed by atoms with E-state index in [2.05, 4.69) is 36.2 Å². The topological polar surface area (TPSA) is 21.6 Å². The molecule has 0 aliphatic carbocycles. The number of aliphatic imine (C=N–C) groups is 1. The van der Waals surface area contributed by atoms with Gasteiger partial charge in [-0.2, -0.15) is 0 Å². The number of nitrogens with zero attached hydrogens (tertiary/aromatic N) is 1. The third-order valence-electron chi connectivity index (χ3n) is 3.47. The molecule has 22 heavy (non-hydrogen) atoms. The van der Waals surface area contributed by atoms with Crippen LogP contribution in [0, 0.1) is 6.92 Å². The molecule has 0 unspecified atom stereocenters. The summed E-state index contributed by atoms with van der Waals surface area (Å²) >= 11 is 0. The normalized spacial score (nSPS) is 11.9. The van der Waals surface area contributed by atoms with E-state index in [1.165, 1.54) is 11.1 Å². The van der Waals surface area contributed by atoms with E-state index in [4.69, 9.17) is 4.74 Å². The molecule has 0 aromatic heterocycles. The Kier molecular flexibility index (Phi) is 5.96. The minimum Gasteiger partial charge on any atom is -0.493 e. The van der Waals surface area contributed by atoms with E-state index in [0.29, 0.717) is 6.61 Å². The minimum atomic E-state index is 0.660. The lowest BCUT2D eigenvalue weighted by Gasteiger charge is -2.12. The predicted molar refractivity (Wildman–Crippen MR) is 94.6 cm³/mol. The van der Waals surface area contributed by atoms with Crippen LogP contribution in [0.25, 0.3) is 5.70 Å². The first-order chi connectivity index (χ1) is 10.7. The summed E-state index contributed by atoms with van der Waals surface area (Å²) in [5, 5.41) is 0. The maximum absolute atomic E-state index is 5.99. The van der Waals surface area contributed by atoms with Gasteiger partial charge in [0.1, 0.15) is 5.75 Å². The van der Waals surface area contributed by atoms with E-state index in [1.807, 2.05) is 44.2 Å². The molecule has 0 spiro atoms. The number of hydrogen-bond donors (Lipinski definition) is 0. The van der Waals surface area contributed by atoms with Gasteiger partial charge in [0, 0.05) is 18.2 Å². The quantitative estimate of drug-likeness (QED) is 0.681. The largest absolute Gasteiger partial charge is 0.493 e. The van der Waals surface area contributed by atoms with E-state index in [0.717, 1.165) is 23.4 Å². The van der Waals surface area contributed by atoms with Gasteiger partial charge < -0.3 is 4.74 Å². The van der Waals surface area contributed by atoms with Gasteiger partial charge in [-0.15, -0.1) is 0 Å². The predicted octanol–water partition coefficient (Wildman–Crippen LogP) is 5.07. The fourth-order valence-corrected chi connectivity index (χ4v) is 2.28. The van der Waals surface area contributed by atoms with Crippen molar-refractivity contribution in [2.75, 3.05) is 6.61 Å². The van der Waals surface area contributed by atoms with Gasteiger partial charge in [-0.05, 0) is 38.5 Å². The molecule has 0 saturated carbocycles. The first-order valence-electron chi connectivity index (χ1n) is 7.67. The highest BCUT2D eigenvalue weighted by Crippen LogP contribution is 2.26. The van der Waals surface area contributed by atoms with Crippen LogP contribution in [0.5, 0.6) is 5.75 Å². The Balaban J connectivity index is 2.05. The summed E-state index contributed by atoms with van der Waals surface area (Å²) in [7, 11) is 0. The maximum Gasteiger partial charge on any atom is 0.128 e. The van der Waals surface area contributed by atoms with Gasteiger partial charge in [0.25, 0.3) is 0 Å². The van der Waals surface area contributed by atoms with Crippen LogP contribution in [-0.2, 0) is 6.42 Å². The summed E-state index contributed by atoms with van der Waals surface area (Å²) in [6.45, 7) is 6.67. The fraction of sp³-hybridized carbons (Fsp3) is 0.250. The van der Waals surface area contributed by atoms with Crippen LogP contribution >= 0.6 is 0 Å². The van der Waals surface area contributed by atoms with Gasteiger partial charge in [0.05, 0.1) is 12.3 Å². The lowest BCUT2D eigenvalue weighted by molar-refractivity contribution is 0.321. The highest BCUT2D eigenvalue weighted by atomic mass is 16.5. The number of hydrogen-bond acceptors (Lipinski definition) is 2. The van der Waals surface area contributed by atoms with E-state index in [9.17, 15) is 0 Å². The molecule has 0 N–H and O–H groups in total. The Hall–Kier alpha value is -2.35. The standard InChI is InChI=1S/C20H23NO/c1-4-19(21-5-2)18-8-6-7-9-20(18)22-15-14-17-12-10-16(3)11-13-17/h4-13H,14-15H2,1-3H3/b19-4-,21-5-. The van der Waals surface area contributed by atoms with Crippen LogP contribution in [0.4, 0.5) is 0 Å². The summed E-state index contributed by atoms with van der Waals surface area (Å²) in [6.07, 6.45) is 4.71. The third kappa shape index (κ3) is 4.32. The van der Waals surface area contributed by atoms with E-state index >= 15 is 0 Å². The van der Waals surface area contributed by atoms with Crippen molar-refractivity contribution in [2.45, 2.75) is 27.2 Å². The van der Waals surface area contributed by atoms with E-state index in [1.54, 1.807) is 6.21 Å². The van der Waals surface area contributed by atoms with Gasteiger partial charge in [0.15, 0.2) is 0 Å². The Morgan fingerprint density at radius 2 is 1.77 bits per heavy atom. The number of para-hydroxylation sites is 1. The molecular weight excluding hydrogens is 270 g/mol. The lowest BCUT2D eigenvalue weighted by Crippen LogP contribution is -2.03. The second-order valence-corrected chi connectivity index (χ2v) is 5.14. The van der Waals surface area contributed by atoms with Crippen LogP contribution in [0.1, 0.15) is 30.5 Å². The molecular formula is C20H23NO. The molecule has 0 radical (unpaired) electrons. The Morgan fingerprint density at radius 1 is 1.05 bits per heavy atom. The van der Waals surface area contributed by atoms with Crippen molar-refractivity contribution in [2.24, 2.45) is 4.99 Å². The average Bonchev–Trinajstić information content (AvgIpc) is 2.55. The molecule has 0 bridgehead atoms. The summed E-state index contributed by atoms with van der Waals surface area (Å²) in [4.78, 5) is 4.41. The molecule has 2 aromatic rings. The van der Waals surface area contributed by atoms with Gasteiger partial charge in [-0.1, -0.05) is 48.0 Å². The zero-order chi connectivity index (χ0) is 15.8. The molecule has 2 rings (SSSR count). The molecule has 2 nitrogen and oxygen atoms in total.